The van der Waals surface area contributed by atoms with Gasteiger partial charge in [0.05, 0.1) is 0 Å². The summed E-state index contributed by atoms with van der Waals surface area (Å²) in [6.07, 6.45) is 3.16. The fourth-order valence-corrected chi connectivity index (χ4v) is 3.51. The van der Waals surface area contributed by atoms with E-state index < -0.39 is 0 Å². The summed E-state index contributed by atoms with van der Waals surface area (Å²) in [5.41, 5.74) is 0.952. The molecule has 0 aliphatic carbocycles. The molecule has 0 amide bonds. The van der Waals surface area contributed by atoms with Gasteiger partial charge in [0, 0.05) is 50.1 Å². The highest BCUT2D eigenvalue weighted by molar-refractivity contribution is 5.80. The Balaban J connectivity index is 1.52. The first-order valence-corrected chi connectivity index (χ1v) is 9.92. The molecule has 1 fully saturated rings. The monoisotopic (exact) mass is 356 g/mol. The van der Waals surface area contributed by atoms with E-state index in [0.717, 1.165) is 55.3 Å². The van der Waals surface area contributed by atoms with Gasteiger partial charge >= 0.3 is 0 Å². The molecule has 5 nitrogen and oxygen atoms in total. The molecule has 142 valence electrons. The van der Waals surface area contributed by atoms with E-state index in [1.54, 1.807) is 0 Å². The lowest BCUT2D eigenvalue weighted by Gasteiger charge is -2.35. The third-order valence-electron chi connectivity index (χ3n) is 5.05. The molecule has 0 bridgehead atoms. The molecule has 0 atom stereocenters. The number of benzene rings is 1. The number of piperidine rings is 1. The zero-order chi connectivity index (χ0) is 18.4. The molecule has 2 aromatic rings. The molecule has 1 aromatic carbocycles. The van der Waals surface area contributed by atoms with Crippen LogP contribution in [0.15, 0.2) is 39.7 Å². The molecule has 2 N–H and O–H groups in total. The van der Waals surface area contributed by atoms with Crippen LogP contribution in [0.5, 0.6) is 0 Å². The second kappa shape index (κ2) is 9.08. The molecule has 0 spiro atoms. The highest BCUT2D eigenvalue weighted by Gasteiger charge is 2.21. The fraction of sp³-hybridized carbons (Fsp3) is 0.571. The largest absolute Gasteiger partial charge is 0.461 e. The van der Waals surface area contributed by atoms with Gasteiger partial charge < -0.3 is 20.0 Å². The van der Waals surface area contributed by atoms with Gasteiger partial charge in [-0.3, -0.25) is 4.99 Å². The Morgan fingerprint density at radius 3 is 2.73 bits per heavy atom. The first kappa shape index (κ1) is 18.8. The standard InChI is InChI=1S/C21H32N4O/c1-4-22-21(24-18-10-13-25(14-11-18)16(2)3)23-12-9-19-15-17-7-5-6-8-20(17)26-19/h5-8,15-16,18H,4,9-14H2,1-3H3,(H2,22,23,24). The number of furan rings is 1. The average molecular weight is 357 g/mol. The van der Waals surface area contributed by atoms with Crippen molar-refractivity contribution >= 4 is 16.9 Å². The van der Waals surface area contributed by atoms with E-state index in [1.165, 1.54) is 12.8 Å². The van der Waals surface area contributed by atoms with Gasteiger partial charge in [0.15, 0.2) is 5.96 Å². The minimum absolute atomic E-state index is 0.508. The fourth-order valence-electron chi connectivity index (χ4n) is 3.51. The van der Waals surface area contributed by atoms with E-state index in [9.17, 15) is 0 Å². The molecule has 0 unspecified atom stereocenters. The van der Waals surface area contributed by atoms with E-state index >= 15 is 0 Å². The van der Waals surface area contributed by atoms with Crippen molar-refractivity contribution in [2.45, 2.75) is 52.1 Å². The lowest BCUT2D eigenvalue weighted by Crippen LogP contribution is -2.49. The van der Waals surface area contributed by atoms with Gasteiger partial charge in [-0.1, -0.05) is 18.2 Å². The van der Waals surface area contributed by atoms with Crippen molar-refractivity contribution < 1.29 is 4.42 Å². The van der Waals surface area contributed by atoms with Crippen molar-refractivity contribution in [2.24, 2.45) is 4.99 Å². The molecule has 1 aliphatic heterocycles. The smallest absolute Gasteiger partial charge is 0.191 e. The summed E-state index contributed by atoms with van der Waals surface area (Å²) in [5.74, 6) is 1.92. The Hall–Kier alpha value is -2.01. The SMILES string of the molecule is CCNC(=NCCc1cc2ccccc2o1)NC1CCN(C(C)C)CC1. The number of guanidine groups is 1. The van der Waals surface area contributed by atoms with Crippen LogP contribution in [-0.4, -0.2) is 49.1 Å². The molecule has 0 saturated carbocycles. The van der Waals surface area contributed by atoms with Crippen LogP contribution in [0.1, 0.15) is 39.4 Å². The predicted molar refractivity (Wildman–Crippen MR) is 109 cm³/mol. The Morgan fingerprint density at radius 2 is 2.04 bits per heavy atom. The Kier molecular flexibility index (Phi) is 6.56. The number of nitrogens with one attached hydrogen (secondary N) is 2. The summed E-state index contributed by atoms with van der Waals surface area (Å²) in [6.45, 7) is 10.6. The lowest BCUT2D eigenvalue weighted by molar-refractivity contribution is 0.167. The summed E-state index contributed by atoms with van der Waals surface area (Å²) < 4.78 is 5.88. The molecule has 1 saturated heterocycles. The van der Waals surface area contributed by atoms with Crippen LogP contribution in [0.3, 0.4) is 0 Å². The summed E-state index contributed by atoms with van der Waals surface area (Å²) in [6, 6.07) is 11.4. The van der Waals surface area contributed by atoms with Crippen LogP contribution in [0.2, 0.25) is 0 Å². The van der Waals surface area contributed by atoms with Crippen LogP contribution < -0.4 is 10.6 Å². The van der Waals surface area contributed by atoms with Crippen LogP contribution in [0, 0.1) is 0 Å². The molecule has 26 heavy (non-hydrogen) atoms. The van der Waals surface area contributed by atoms with Gasteiger partial charge in [0.25, 0.3) is 0 Å². The third kappa shape index (κ3) is 5.01. The Morgan fingerprint density at radius 1 is 1.27 bits per heavy atom. The van der Waals surface area contributed by atoms with Gasteiger partial charge in [-0.2, -0.15) is 0 Å². The molecular formula is C21H32N4O. The lowest BCUT2D eigenvalue weighted by atomic mass is 10.0. The number of likely N-dealkylation sites (tertiary alicyclic amines) is 1. The minimum Gasteiger partial charge on any atom is -0.461 e. The van der Waals surface area contributed by atoms with E-state index in [2.05, 4.69) is 48.4 Å². The van der Waals surface area contributed by atoms with Crippen LogP contribution >= 0.6 is 0 Å². The van der Waals surface area contributed by atoms with Crippen molar-refractivity contribution in [3.05, 3.63) is 36.1 Å². The topological polar surface area (TPSA) is 52.8 Å². The number of fused-ring (bicyclic) bond motifs is 1. The van der Waals surface area contributed by atoms with E-state index in [4.69, 9.17) is 9.41 Å². The second-order valence-corrected chi connectivity index (χ2v) is 7.31. The number of aliphatic imine (C=N–C) groups is 1. The summed E-state index contributed by atoms with van der Waals surface area (Å²) in [5, 5.41) is 8.14. The maximum Gasteiger partial charge on any atom is 0.191 e. The van der Waals surface area contributed by atoms with Crippen LogP contribution in [0.4, 0.5) is 0 Å². The van der Waals surface area contributed by atoms with E-state index in [-0.39, 0.29) is 0 Å². The van der Waals surface area contributed by atoms with Crippen LogP contribution in [-0.2, 0) is 6.42 Å². The van der Waals surface area contributed by atoms with E-state index in [0.29, 0.717) is 12.1 Å². The summed E-state index contributed by atoms with van der Waals surface area (Å²) in [7, 11) is 0. The van der Waals surface area contributed by atoms with Crippen LogP contribution in [0.25, 0.3) is 11.0 Å². The Bertz CT molecular complexity index is 681. The van der Waals surface area contributed by atoms with Crippen molar-refractivity contribution in [1.82, 2.24) is 15.5 Å². The van der Waals surface area contributed by atoms with Crippen molar-refractivity contribution in [3.63, 3.8) is 0 Å². The highest BCUT2D eigenvalue weighted by Crippen LogP contribution is 2.19. The zero-order valence-electron chi connectivity index (χ0n) is 16.3. The summed E-state index contributed by atoms with van der Waals surface area (Å²) >= 11 is 0. The van der Waals surface area contributed by atoms with Crippen molar-refractivity contribution in [1.29, 1.82) is 0 Å². The quantitative estimate of drug-likeness (QED) is 0.615. The predicted octanol–water partition coefficient (Wildman–Crippen LogP) is 3.40. The molecule has 5 heteroatoms. The molecule has 1 aromatic heterocycles. The molecule has 1 aliphatic rings. The molecule has 3 rings (SSSR count). The normalized spacial score (nSPS) is 17.2. The van der Waals surface area contributed by atoms with Gasteiger partial charge in [0.2, 0.25) is 0 Å². The molecule has 0 radical (unpaired) electrons. The van der Waals surface area contributed by atoms with Crippen molar-refractivity contribution in [3.8, 4) is 0 Å². The van der Waals surface area contributed by atoms with Gasteiger partial charge in [-0.15, -0.1) is 0 Å². The maximum absolute atomic E-state index is 5.88. The Labute approximate surface area is 156 Å². The second-order valence-electron chi connectivity index (χ2n) is 7.31. The number of hydrogen-bond donors (Lipinski definition) is 2. The number of hydrogen-bond acceptors (Lipinski definition) is 3. The molecule has 2 heterocycles. The number of para-hydroxylation sites is 1. The van der Waals surface area contributed by atoms with Crippen molar-refractivity contribution in [2.75, 3.05) is 26.2 Å². The third-order valence-corrected chi connectivity index (χ3v) is 5.05. The van der Waals surface area contributed by atoms with Gasteiger partial charge in [-0.25, -0.2) is 0 Å². The zero-order valence-corrected chi connectivity index (χ0v) is 16.3. The number of rotatable bonds is 6. The average Bonchev–Trinajstić information content (AvgIpc) is 3.05. The van der Waals surface area contributed by atoms with E-state index in [1.807, 2.05) is 18.2 Å². The van der Waals surface area contributed by atoms with Gasteiger partial charge in [0.1, 0.15) is 11.3 Å². The number of nitrogens with zero attached hydrogens (tertiary/aromatic N) is 2. The van der Waals surface area contributed by atoms with Gasteiger partial charge in [-0.05, 0) is 45.7 Å². The maximum atomic E-state index is 5.88. The molecular weight excluding hydrogens is 324 g/mol. The summed E-state index contributed by atoms with van der Waals surface area (Å²) in [4.78, 5) is 7.29. The minimum atomic E-state index is 0.508. The first-order valence-electron chi connectivity index (χ1n) is 9.92. The first-order chi connectivity index (χ1) is 12.7. The highest BCUT2D eigenvalue weighted by atomic mass is 16.3.